The van der Waals surface area contributed by atoms with Gasteiger partial charge in [-0.2, -0.15) is 0 Å². The van der Waals surface area contributed by atoms with E-state index >= 15 is 0 Å². The molecule has 1 saturated heterocycles. The van der Waals surface area contributed by atoms with Crippen molar-refractivity contribution in [1.29, 1.82) is 0 Å². The first-order valence-corrected chi connectivity index (χ1v) is 13.3. The van der Waals surface area contributed by atoms with E-state index in [9.17, 15) is 26.4 Å². The van der Waals surface area contributed by atoms with E-state index in [4.69, 9.17) is 5.14 Å². The summed E-state index contributed by atoms with van der Waals surface area (Å²) in [5, 5.41) is 7.77. The molecule has 30 heavy (non-hydrogen) atoms. The number of nitrogens with zero attached hydrogens (tertiary/aromatic N) is 1. The maximum atomic E-state index is 12.4. The summed E-state index contributed by atoms with van der Waals surface area (Å²) in [6.45, 7) is 2.63. The van der Waals surface area contributed by atoms with Crippen molar-refractivity contribution in [2.24, 2.45) is 11.1 Å². The van der Waals surface area contributed by atoms with Crippen molar-refractivity contribution in [2.75, 3.05) is 29.9 Å². The average Bonchev–Trinajstić information content (AvgIpc) is 2.67. The molecule has 2 amide bonds. The summed E-state index contributed by atoms with van der Waals surface area (Å²) in [5.41, 5.74) is 0.448. The standard InChI is InChI=1S/C19H29N3O6S2/c1-2-3-4-13-29(25,26)14-18(23)22-11-9-15(10-12-22)19(24)21-16-5-7-17(8-6-16)30(20,27)28/h5-8,15H,2-4,9-14H2,1H3,(H,21,24)(H2,20,27,28). The lowest BCUT2D eigenvalue weighted by Crippen LogP contribution is -2.43. The fourth-order valence-electron chi connectivity index (χ4n) is 3.29. The highest BCUT2D eigenvalue weighted by Crippen LogP contribution is 2.21. The highest BCUT2D eigenvalue weighted by atomic mass is 32.2. The summed E-state index contributed by atoms with van der Waals surface area (Å²) in [5.74, 6) is -1.41. The van der Waals surface area contributed by atoms with Gasteiger partial charge in [-0.25, -0.2) is 22.0 Å². The van der Waals surface area contributed by atoms with Crippen LogP contribution in [0.5, 0.6) is 0 Å². The van der Waals surface area contributed by atoms with Crippen LogP contribution in [0, 0.1) is 5.92 Å². The fourth-order valence-corrected chi connectivity index (χ4v) is 5.15. The Hall–Kier alpha value is -1.98. The number of hydrogen-bond donors (Lipinski definition) is 2. The van der Waals surface area contributed by atoms with Gasteiger partial charge in [-0.05, 0) is 43.5 Å². The number of rotatable bonds is 9. The zero-order valence-corrected chi connectivity index (χ0v) is 18.7. The first kappa shape index (κ1) is 24.3. The van der Waals surface area contributed by atoms with Crippen molar-refractivity contribution >= 4 is 37.4 Å². The molecule has 0 atom stereocenters. The maximum absolute atomic E-state index is 12.4. The third-order valence-corrected chi connectivity index (χ3v) is 7.60. The van der Waals surface area contributed by atoms with Gasteiger partial charge in [0.2, 0.25) is 21.8 Å². The Morgan fingerprint density at radius 2 is 1.67 bits per heavy atom. The van der Waals surface area contributed by atoms with Crippen LogP contribution in [-0.4, -0.2) is 58.1 Å². The molecule has 1 aromatic rings. The molecule has 1 aliphatic heterocycles. The molecule has 1 aromatic carbocycles. The Morgan fingerprint density at radius 1 is 1.07 bits per heavy atom. The Bertz CT molecular complexity index is 950. The summed E-state index contributed by atoms with van der Waals surface area (Å²) in [7, 11) is -7.21. The summed E-state index contributed by atoms with van der Waals surface area (Å²) in [6, 6.07) is 5.54. The van der Waals surface area contributed by atoms with E-state index in [0.717, 1.165) is 12.8 Å². The van der Waals surface area contributed by atoms with Gasteiger partial charge in [0.1, 0.15) is 5.75 Å². The molecule has 0 unspecified atom stereocenters. The number of likely N-dealkylation sites (tertiary alicyclic amines) is 1. The van der Waals surface area contributed by atoms with Crippen LogP contribution in [0.4, 0.5) is 5.69 Å². The number of sulfone groups is 1. The van der Waals surface area contributed by atoms with E-state index in [1.54, 1.807) is 0 Å². The van der Waals surface area contributed by atoms with Crippen molar-refractivity contribution in [2.45, 2.75) is 43.9 Å². The third-order valence-electron chi connectivity index (χ3n) is 5.07. The monoisotopic (exact) mass is 459 g/mol. The molecular formula is C19H29N3O6S2. The second kappa shape index (κ2) is 10.4. The third kappa shape index (κ3) is 7.37. The number of anilines is 1. The number of piperidine rings is 1. The summed E-state index contributed by atoms with van der Waals surface area (Å²) in [4.78, 5) is 26.2. The molecule has 3 N–H and O–H groups in total. The smallest absolute Gasteiger partial charge is 0.238 e. The topological polar surface area (TPSA) is 144 Å². The quantitative estimate of drug-likeness (QED) is 0.530. The number of amides is 2. The lowest BCUT2D eigenvalue weighted by molar-refractivity contribution is -0.132. The maximum Gasteiger partial charge on any atom is 0.238 e. The van der Waals surface area contributed by atoms with Crippen LogP contribution < -0.4 is 10.5 Å². The van der Waals surface area contributed by atoms with Crippen molar-refractivity contribution < 1.29 is 26.4 Å². The SMILES string of the molecule is CCCCCS(=O)(=O)CC(=O)N1CCC(C(=O)Nc2ccc(S(N)(=O)=O)cc2)CC1. The fraction of sp³-hybridized carbons (Fsp3) is 0.579. The van der Waals surface area contributed by atoms with Crippen molar-refractivity contribution in [3.63, 3.8) is 0 Å². The molecule has 11 heteroatoms. The minimum Gasteiger partial charge on any atom is -0.342 e. The Kier molecular flexibility index (Phi) is 8.39. The van der Waals surface area contributed by atoms with E-state index in [-0.39, 0.29) is 22.5 Å². The lowest BCUT2D eigenvalue weighted by atomic mass is 9.96. The minimum absolute atomic E-state index is 0.0235. The number of carbonyl (C=O) groups excluding carboxylic acids is 2. The largest absolute Gasteiger partial charge is 0.342 e. The van der Waals surface area contributed by atoms with Gasteiger partial charge in [0.15, 0.2) is 9.84 Å². The highest BCUT2D eigenvalue weighted by Gasteiger charge is 2.29. The molecule has 0 bridgehead atoms. The Morgan fingerprint density at radius 3 is 2.20 bits per heavy atom. The highest BCUT2D eigenvalue weighted by molar-refractivity contribution is 7.92. The average molecular weight is 460 g/mol. The van der Waals surface area contributed by atoms with E-state index in [2.05, 4.69) is 5.32 Å². The summed E-state index contributed by atoms with van der Waals surface area (Å²) < 4.78 is 46.7. The van der Waals surface area contributed by atoms with E-state index in [1.807, 2.05) is 6.92 Å². The lowest BCUT2D eigenvalue weighted by Gasteiger charge is -2.31. The zero-order valence-electron chi connectivity index (χ0n) is 17.0. The van der Waals surface area contributed by atoms with Gasteiger partial charge in [0.05, 0.1) is 10.6 Å². The van der Waals surface area contributed by atoms with Crippen LogP contribution in [0.3, 0.4) is 0 Å². The molecule has 168 valence electrons. The van der Waals surface area contributed by atoms with Crippen LogP contribution in [0.2, 0.25) is 0 Å². The van der Waals surface area contributed by atoms with Crippen LogP contribution in [0.1, 0.15) is 39.0 Å². The van der Waals surface area contributed by atoms with Gasteiger partial charge >= 0.3 is 0 Å². The van der Waals surface area contributed by atoms with Crippen molar-refractivity contribution in [3.8, 4) is 0 Å². The van der Waals surface area contributed by atoms with E-state index in [0.29, 0.717) is 38.0 Å². The molecular weight excluding hydrogens is 430 g/mol. The summed E-state index contributed by atoms with van der Waals surface area (Å²) in [6.07, 6.45) is 3.16. The summed E-state index contributed by atoms with van der Waals surface area (Å²) >= 11 is 0. The number of hydrogen-bond acceptors (Lipinski definition) is 6. The number of primary sulfonamides is 1. The zero-order chi connectivity index (χ0) is 22.4. The molecule has 0 aromatic heterocycles. The minimum atomic E-state index is -3.80. The molecule has 0 saturated carbocycles. The predicted molar refractivity (Wildman–Crippen MR) is 114 cm³/mol. The molecule has 0 aliphatic carbocycles. The first-order valence-electron chi connectivity index (χ1n) is 9.94. The number of nitrogens with one attached hydrogen (secondary N) is 1. The molecule has 0 radical (unpaired) electrons. The van der Waals surface area contributed by atoms with Gasteiger partial charge < -0.3 is 10.2 Å². The molecule has 1 aliphatic rings. The number of nitrogens with two attached hydrogens (primary N) is 1. The Balaban J connectivity index is 1.83. The van der Waals surface area contributed by atoms with Crippen LogP contribution in [0.15, 0.2) is 29.2 Å². The van der Waals surface area contributed by atoms with Crippen LogP contribution in [-0.2, 0) is 29.4 Å². The number of sulfonamides is 1. The molecule has 1 fully saturated rings. The predicted octanol–water partition coefficient (Wildman–Crippen LogP) is 1.12. The second-order valence-corrected chi connectivity index (χ2v) is 11.3. The van der Waals surface area contributed by atoms with E-state index < -0.39 is 31.5 Å². The molecule has 1 heterocycles. The normalized spacial score (nSPS) is 15.7. The van der Waals surface area contributed by atoms with Crippen LogP contribution in [0.25, 0.3) is 0 Å². The number of carbonyl (C=O) groups is 2. The molecule has 9 nitrogen and oxygen atoms in total. The number of unbranched alkanes of at least 4 members (excludes halogenated alkanes) is 2. The van der Waals surface area contributed by atoms with E-state index in [1.165, 1.54) is 29.2 Å². The van der Waals surface area contributed by atoms with Gasteiger partial charge in [-0.1, -0.05) is 19.8 Å². The first-order chi connectivity index (χ1) is 14.0. The van der Waals surface area contributed by atoms with Gasteiger partial charge in [0.25, 0.3) is 0 Å². The van der Waals surface area contributed by atoms with Gasteiger partial charge in [0, 0.05) is 24.7 Å². The number of benzene rings is 1. The molecule has 0 spiro atoms. The van der Waals surface area contributed by atoms with Crippen molar-refractivity contribution in [1.82, 2.24) is 4.90 Å². The van der Waals surface area contributed by atoms with Crippen molar-refractivity contribution in [3.05, 3.63) is 24.3 Å². The van der Waals surface area contributed by atoms with Gasteiger partial charge in [-0.15, -0.1) is 0 Å². The van der Waals surface area contributed by atoms with Gasteiger partial charge in [-0.3, -0.25) is 9.59 Å². The molecule has 2 rings (SSSR count). The Labute approximate surface area is 178 Å². The second-order valence-electron chi connectivity index (χ2n) is 7.51. The van der Waals surface area contributed by atoms with Crippen LogP contribution >= 0.6 is 0 Å².